The minimum absolute atomic E-state index is 0.134. The molecule has 2 aliphatic rings. The van der Waals surface area contributed by atoms with Gasteiger partial charge in [0.2, 0.25) is 0 Å². The second kappa shape index (κ2) is 5.89. The van der Waals surface area contributed by atoms with Crippen LogP contribution in [0.2, 0.25) is 0 Å². The van der Waals surface area contributed by atoms with Crippen LogP contribution < -0.4 is 5.32 Å². The maximum absolute atomic E-state index is 12.1. The fourth-order valence-electron chi connectivity index (χ4n) is 2.60. The Labute approximate surface area is 107 Å². The smallest absolute Gasteiger partial charge is 0.326 e. The first-order valence-electron chi connectivity index (χ1n) is 6.63. The maximum Gasteiger partial charge on any atom is 0.326 e. The van der Waals surface area contributed by atoms with Crippen molar-refractivity contribution in [2.75, 3.05) is 6.54 Å². The van der Waals surface area contributed by atoms with E-state index in [1.54, 1.807) is 0 Å². The number of nitrogens with zero attached hydrogens (tertiary/aromatic N) is 1. The molecule has 2 rings (SSSR count). The summed E-state index contributed by atoms with van der Waals surface area (Å²) in [5.41, 5.74) is 0. The van der Waals surface area contributed by atoms with Gasteiger partial charge in [-0.2, -0.15) is 0 Å². The quantitative estimate of drug-likeness (QED) is 0.735. The molecule has 5 heteroatoms. The molecule has 1 saturated heterocycles. The number of likely N-dealkylation sites (tertiary alicyclic amines) is 1. The minimum atomic E-state index is -0.892. The third-order valence-corrected chi connectivity index (χ3v) is 3.63. The van der Waals surface area contributed by atoms with Gasteiger partial charge in [0.25, 0.3) is 0 Å². The summed E-state index contributed by atoms with van der Waals surface area (Å²) in [5.74, 6) is -0.892. The van der Waals surface area contributed by atoms with Gasteiger partial charge in [-0.05, 0) is 25.7 Å². The van der Waals surface area contributed by atoms with Crippen molar-refractivity contribution >= 4 is 12.0 Å². The Bertz CT molecular complexity index is 346. The third-order valence-electron chi connectivity index (χ3n) is 3.63. The van der Waals surface area contributed by atoms with Crippen molar-refractivity contribution in [3.8, 4) is 0 Å². The molecule has 1 heterocycles. The molecule has 100 valence electrons. The second-order valence-corrected chi connectivity index (χ2v) is 4.99. The van der Waals surface area contributed by atoms with Gasteiger partial charge in [-0.15, -0.1) is 0 Å². The van der Waals surface area contributed by atoms with Crippen LogP contribution in [-0.2, 0) is 4.79 Å². The second-order valence-electron chi connectivity index (χ2n) is 4.99. The first-order chi connectivity index (χ1) is 8.68. The SMILES string of the molecule is O=C(O)C1CCCCCN1C(=O)NC1CC=CC1. The Morgan fingerprint density at radius 2 is 1.89 bits per heavy atom. The number of nitrogens with one attached hydrogen (secondary N) is 1. The molecular weight excluding hydrogens is 232 g/mol. The lowest BCUT2D eigenvalue weighted by atomic mass is 10.1. The van der Waals surface area contributed by atoms with E-state index in [1.165, 1.54) is 4.90 Å². The van der Waals surface area contributed by atoms with Crippen LogP contribution in [0.15, 0.2) is 12.2 Å². The monoisotopic (exact) mass is 252 g/mol. The minimum Gasteiger partial charge on any atom is -0.480 e. The van der Waals surface area contributed by atoms with Crippen molar-refractivity contribution in [3.05, 3.63) is 12.2 Å². The molecule has 1 atom stereocenters. The van der Waals surface area contributed by atoms with E-state index in [2.05, 4.69) is 5.32 Å². The molecule has 0 aromatic heterocycles. The average molecular weight is 252 g/mol. The molecule has 0 spiro atoms. The van der Waals surface area contributed by atoms with Gasteiger partial charge >= 0.3 is 12.0 Å². The average Bonchev–Trinajstić information content (AvgIpc) is 2.70. The van der Waals surface area contributed by atoms with Gasteiger partial charge in [-0.1, -0.05) is 25.0 Å². The van der Waals surface area contributed by atoms with Crippen molar-refractivity contribution in [2.45, 2.75) is 50.6 Å². The number of carbonyl (C=O) groups excluding carboxylic acids is 1. The lowest BCUT2D eigenvalue weighted by molar-refractivity contribution is -0.142. The van der Waals surface area contributed by atoms with Gasteiger partial charge in [0.1, 0.15) is 6.04 Å². The molecule has 0 bridgehead atoms. The topological polar surface area (TPSA) is 69.6 Å². The van der Waals surface area contributed by atoms with Crippen LogP contribution in [-0.4, -0.2) is 40.6 Å². The highest BCUT2D eigenvalue weighted by Gasteiger charge is 2.31. The number of carboxylic acid groups (broad SMARTS) is 1. The van der Waals surface area contributed by atoms with Crippen LogP contribution in [0, 0.1) is 0 Å². The maximum atomic E-state index is 12.1. The summed E-state index contributed by atoms with van der Waals surface area (Å²) in [7, 11) is 0. The first kappa shape index (κ1) is 12.9. The summed E-state index contributed by atoms with van der Waals surface area (Å²) < 4.78 is 0. The van der Waals surface area contributed by atoms with Crippen molar-refractivity contribution in [1.29, 1.82) is 0 Å². The van der Waals surface area contributed by atoms with Crippen molar-refractivity contribution in [1.82, 2.24) is 10.2 Å². The number of rotatable bonds is 2. The molecule has 5 nitrogen and oxygen atoms in total. The summed E-state index contributed by atoms with van der Waals surface area (Å²) in [4.78, 5) is 24.9. The Balaban J connectivity index is 1.97. The van der Waals surface area contributed by atoms with Gasteiger partial charge in [-0.3, -0.25) is 0 Å². The first-order valence-corrected chi connectivity index (χ1v) is 6.63. The van der Waals surface area contributed by atoms with Gasteiger partial charge in [0.05, 0.1) is 0 Å². The summed E-state index contributed by atoms with van der Waals surface area (Å²) in [6.45, 7) is 0.545. The molecule has 2 amide bonds. The summed E-state index contributed by atoms with van der Waals surface area (Å²) in [6, 6.07) is -0.755. The lowest BCUT2D eigenvalue weighted by Gasteiger charge is -2.28. The van der Waals surface area contributed by atoms with E-state index < -0.39 is 12.0 Å². The predicted molar refractivity (Wildman–Crippen MR) is 67.3 cm³/mol. The van der Waals surface area contributed by atoms with E-state index in [0.717, 1.165) is 32.1 Å². The molecule has 0 aromatic carbocycles. The Hall–Kier alpha value is -1.52. The zero-order valence-electron chi connectivity index (χ0n) is 10.5. The van der Waals surface area contributed by atoms with E-state index >= 15 is 0 Å². The number of urea groups is 1. The zero-order chi connectivity index (χ0) is 13.0. The summed E-state index contributed by atoms with van der Waals surface area (Å²) in [6.07, 6.45) is 9.11. The molecule has 0 aromatic rings. The Morgan fingerprint density at radius 3 is 2.56 bits per heavy atom. The highest BCUT2D eigenvalue weighted by Crippen LogP contribution is 2.18. The normalized spacial score (nSPS) is 24.9. The van der Waals surface area contributed by atoms with Gasteiger partial charge in [0.15, 0.2) is 0 Å². The van der Waals surface area contributed by atoms with Crippen LogP contribution in [0.25, 0.3) is 0 Å². The number of hydrogen-bond acceptors (Lipinski definition) is 2. The largest absolute Gasteiger partial charge is 0.480 e. The van der Waals surface area contributed by atoms with Gasteiger partial charge in [-0.25, -0.2) is 9.59 Å². The number of hydrogen-bond donors (Lipinski definition) is 2. The molecule has 2 N–H and O–H groups in total. The van der Waals surface area contributed by atoms with Crippen LogP contribution in [0.3, 0.4) is 0 Å². The van der Waals surface area contributed by atoms with E-state index in [4.69, 9.17) is 0 Å². The standard InChI is InChI=1S/C13H20N2O3/c16-12(17)11-8-2-1-5-9-15(11)13(18)14-10-6-3-4-7-10/h3-4,10-11H,1-2,5-9H2,(H,14,18)(H,16,17). The number of carboxylic acids is 1. The Kier molecular flexibility index (Phi) is 4.23. The Morgan fingerprint density at radius 1 is 1.17 bits per heavy atom. The van der Waals surface area contributed by atoms with Crippen molar-refractivity contribution in [3.63, 3.8) is 0 Å². The number of carbonyl (C=O) groups is 2. The predicted octanol–water partition coefficient (Wildman–Crippen LogP) is 1.74. The van der Waals surface area contributed by atoms with Crippen LogP contribution in [0.5, 0.6) is 0 Å². The van der Waals surface area contributed by atoms with Crippen LogP contribution in [0.1, 0.15) is 38.5 Å². The molecule has 0 radical (unpaired) electrons. The highest BCUT2D eigenvalue weighted by molar-refractivity contribution is 5.82. The summed E-state index contributed by atoms with van der Waals surface area (Å²) >= 11 is 0. The van der Waals surface area contributed by atoms with E-state index in [0.29, 0.717) is 13.0 Å². The molecule has 1 unspecified atom stereocenters. The van der Waals surface area contributed by atoms with Gasteiger partial charge in [0, 0.05) is 12.6 Å². The third kappa shape index (κ3) is 3.03. The molecule has 0 saturated carbocycles. The molecule has 18 heavy (non-hydrogen) atoms. The van der Waals surface area contributed by atoms with Crippen molar-refractivity contribution < 1.29 is 14.7 Å². The van der Waals surface area contributed by atoms with Crippen LogP contribution >= 0.6 is 0 Å². The number of amides is 2. The highest BCUT2D eigenvalue weighted by atomic mass is 16.4. The molecule has 1 aliphatic heterocycles. The van der Waals surface area contributed by atoms with Crippen LogP contribution in [0.4, 0.5) is 4.79 Å². The van der Waals surface area contributed by atoms with E-state index in [9.17, 15) is 14.7 Å². The molecular formula is C13H20N2O3. The van der Waals surface area contributed by atoms with E-state index in [1.807, 2.05) is 12.2 Å². The fourth-order valence-corrected chi connectivity index (χ4v) is 2.60. The van der Waals surface area contributed by atoms with Crippen molar-refractivity contribution in [2.24, 2.45) is 0 Å². The zero-order valence-corrected chi connectivity index (χ0v) is 10.5. The van der Waals surface area contributed by atoms with Gasteiger partial charge < -0.3 is 15.3 Å². The fraction of sp³-hybridized carbons (Fsp3) is 0.692. The lowest BCUT2D eigenvalue weighted by Crippen LogP contribution is -2.51. The summed E-state index contributed by atoms with van der Waals surface area (Å²) in [5, 5.41) is 12.1. The van der Waals surface area contributed by atoms with E-state index in [-0.39, 0.29) is 12.1 Å². The number of aliphatic carboxylic acids is 1. The molecule has 1 fully saturated rings. The molecule has 1 aliphatic carbocycles.